The molecule has 0 saturated carbocycles. The molecule has 2 heterocycles. The molecule has 28 heavy (non-hydrogen) atoms. The number of hydrogen-bond donors (Lipinski definition) is 1. The van der Waals surface area contributed by atoms with E-state index in [1.807, 2.05) is 7.05 Å². The van der Waals surface area contributed by atoms with Crippen molar-refractivity contribution in [3.63, 3.8) is 0 Å². The minimum absolute atomic E-state index is 0.197. The van der Waals surface area contributed by atoms with Crippen LogP contribution in [0.3, 0.4) is 0 Å². The third-order valence-corrected chi connectivity index (χ3v) is 4.31. The van der Waals surface area contributed by atoms with Gasteiger partial charge in [0.25, 0.3) is 17.3 Å². The van der Waals surface area contributed by atoms with E-state index in [0.717, 1.165) is 44.4 Å². The molecular weight excluding hydrogens is 370 g/mol. The average Bonchev–Trinajstić information content (AvgIpc) is 2.68. The van der Waals surface area contributed by atoms with Gasteiger partial charge < -0.3 is 15.1 Å². The van der Waals surface area contributed by atoms with Crippen LogP contribution in [0.2, 0.25) is 0 Å². The van der Waals surface area contributed by atoms with Gasteiger partial charge >= 0.3 is 0 Å². The topological polar surface area (TPSA) is 148 Å². The molecule has 1 aliphatic heterocycles. The Kier molecular flexibility index (Phi) is 5.40. The van der Waals surface area contributed by atoms with Crippen LogP contribution in [0.1, 0.15) is 10.4 Å². The summed E-state index contributed by atoms with van der Waals surface area (Å²) in [6.07, 6.45) is 1.30. The highest BCUT2D eigenvalue weighted by Gasteiger charge is 2.21. The fourth-order valence-corrected chi connectivity index (χ4v) is 2.75. The number of amides is 1. The Balaban J connectivity index is 1.80. The normalized spacial score (nSPS) is 14.5. The lowest BCUT2D eigenvalue weighted by atomic mass is 10.1. The zero-order valence-electron chi connectivity index (χ0n) is 14.9. The average molecular weight is 387 g/mol. The highest BCUT2D eigenvalue weighted by Crippen LogP contribution is 2.23. The van der Waals surface area contributed by atoms with E-state index >= 15 is 0 Å². The Morgan fingerprint density at radius 3 is 2.18 bits per heavy atom. The minimum atomic E-state index is -0.792. The number of rotatable bonds is 5. The Bertz CT molecular complexity index is 895. The van der Waals surface area contributed by atoms with E-state index in [1.165, 1.54) is 6.33 Å². The van der Waals surface area contributed by atoms with E-state index in [0.29, 0.717) is 5.82 Å². The summed E-state index contributed by atoms with van der Waals surface area (Å²) in [5.74, 6) is 0.0985. The van der Waals surface area contributed by atoms with Crippen molar-refractivity contribution in [2.45, 2.75) is 0 Å². The molecule has 1 aromatic heterocycles. The molecule has 12 heteroatoms. The third-order valence-electron chi connectivity index (χ3n) is 4.31. The standard InChI is InChI=1S/C16H17N7O5/c1-20-2-4-21(5-3-20)15-9-14(17-10-18-15)19-16(24)11-6-12(22(25)26)8-13(7-11)23(27)28/h6-10H,2-5H2,1H3,(H,17,18,19,24). The largest absolute Gasteiger partial charge is 0.354 e. The molecule has 1 N–H and O–H groups in total. The summed E-state index contributed by atoms with van der Waals surface area (Å²) in [7, 11) is 2.03. The second kappa shape index (κ2) is 7.92. The van der Waals surface area contributed by atoms with Gasteiger partial charge in [-0.25, -0.2) is 9.97 Å². The van der Waals surface area contributed by atoms with E-state index in [1.54, 1.807) is 6.07 Å². The maximum absolute atomic E-state index is 12.5. The summed E-state index contributed by atoms with van der Waals surface area (Å²) in [6.45, 7) is 3.31. The zero-order chi connectivity index (χ0) is 20.3. The van der Waals surface area contributed by atoms with Crippen molar-refractivity contribution in [1.82, 2.24) is 14.9 Å². The van der Waals surface area contributed by atoms with Gasteiger partial charge in [-0.2, -0.15) is 0 Å². The van der Waals surface area contributed by atoms with Crippen LogP contribution < -0.4 is 10.2 Å². The number of hydrogen-bond acceptors (Lipinski definition) is 9. The van der Waals surface area contributed by atoms with Gasteiger partial charge in [0.15, 0.2) is 0 Å². The number of non-ortho nitro benzene ring substituents is 2. The number of piperazine rings is 1. The third kappa shape index (κ3) is 4.35. The van der Waals surface area contributed by atoms with Crippen LogP contribution in [0, 0.1) is 20.2 Å². The molecule has 1 saturated heterocycles. The van der Waals surface area contributed by atoms with Gasteiger partial charge in [-0.05, 0) is 7.05 Å². The number of benzene rings is 1. The second-order valence-corrected chi connectivity index (χ2v) is 6.26. The minimum Gasteiger partial charge on any atom is -0.354 e. The Labute approximate surface area is 159 Å². The van der Waals surface area contributed by atoms with Crippen molar-refractivity contribution in [1.29, 1.82) is 0 Å². The van der Waals surface area contributed by atoms with Crippen molar-refractivity contribution >= 4 is 28.9 Å². The van der Waals surface area contributed by atoms with Crippen LogP contribution >= 0.6 is 0 Å². The van der Waals surface area contributed by atoms with Crippen LogP contribution in [-0.2, 0) is 0 Å². The van der Waals surface area contributed by atoms with E-state index < -0.39 is 27.1 Å². The molecule has 2 aromatic rings. The van der Waals surface area contributed by atoms with Gasteiger partial charge in [-0.3, -0.25) is 25.0 Å². The highest BCUT2D eigenvalue weighted by atomic mass is 16.6. The number of nitrogens with zero attached hydrogens (tertiary/aromatic N) is 6. The quantitative estimate of drug-likeness (QED) is 0.592. The smallest absolute Gasteiger partial charge is 0.277 e. The first-order valence-corrected chi connectivity index (χ1v) is 8.34. The zero-order valence-corrected chi connectivity index (χ0v) is 14.9. The van der Waals surface area contributed by atoms with Crippen molar-refractivity contribution < 1.29 is 14.6 Å². The van der Waals surface area contributed by atoms with Gasteiger partial charge in [0, 0.05) is 44.4 Å². The first-order valence-electron chi connectivity index (χ1n) is 8.34. The molecule has 1 aromatic carbocycles. The maximum atomic E-state index is 12.5. The monoisotopic (exact) mass is 387 g/mol. The molecule has 1 amide bonds. The van der Waals surface area contributed by atoms with E-state index in [4.69, 9.17) is 0 Å². The fourth-order valence-electron chi connectivity index (χ4n) is 2.75. The summed E-state index contributed by atoms with van der Waals surface area (Å²) in [4.78, 5) is 45.3. The number of anilines is 2. The lowest BCUT2D eigenvalue weighted by molar-refractivity contribution is -0.394. The fraction of sp³-hybridized carbons (Fsp3) is 0.312. The van der Waals surface area contributed by atoms with Crippen molar-refractivity contribution in [2.24, 2.45) is 0 Å². The van der Waals surface area contributed by atoms with E-state index in [-0.39, 0.29) is 11.4 Å². The lowest BCUT2D eigenvalue weighted by Crippen LogP contribution is -2.44. The van der Waals surface area contributed by atoms with Gasteiger partial charge in [0.05, 0.1) is 21.5 Å². The number of nitrogens with one attached hydrogen (secondary N) is 1. The molecule has 0 spiro atoms. The Hall–Kier alpha value is -3.67. The summed E-state index contributed by atoms with van der Waals surface area (Å²) in [6, 6.07) is 4.34. The van der Waals surface area contributed by atoms with Crippen molar-refractivity contribution in [3.05, 3.63) is 56.4 Å². The van der Waals surface area contributed by atoms with Crippen LogP contribution in [0.4, 0.5) is 23.0 Å². The molecule has 1 fully saturated rings. The molecule has 0 unspecified atom stereocenters. The molecule has 1 aliphatic rings. The first kappa shape index (κ1) is 19.1. The molecule has 3 rings (SSSR count). The Morgan fingerprint density at radius 2 is 1.61 bits per heavy atom. The molecule has 0 radical (unpaired) electrons. The number of nitro groups is 2. The molecular formula is C16H17N7O5. The number of carbonyl (C=O) groups excluding carboxylic acids is 1. The Morgan fingerprint density at radius 1 is 1.00 bits per heavy atom. The van der Waals surface area contributed by atoms with Crippen molar-refractivity contribution in [3.8, 4) is 0 Å². The van der Waals surface area contributed by atoms with Gasteiger partial charge in [-0.15, -0.1) is 0 Å². The predicted molar refractivity (Wildman–Crippen MR) is 99.4 cm³/mol. The number of aromatic nitrogens is 2. The molecule has 12 nitrogen and oxygen atoms in total. The van der Waals surface area contributed by atoms with Crippen LogP contribution in [0.5, 0.6) is 0 Å². The van der Waals surface area contributed by atoms with Crippen LogP contribution in [-0.4, -0.2) is 63.8 Å². The second-order valence-electron chi connectivity index (χ2n) is 6.26. The molecule has 0 atom stereocenters. The summed E-state index contributed by atoms with van der Waals surface area (Å²) >= 11 is 0. The predicted octanol–water partition coefficient (Wildman–Crippen LogP) is 1.30. The number of likely N-dealkylation sites (N-methyl/N-ethyl adjacent to an activating group) is 1. The van der Waals surface area contributed by atoms with Crippen LogP contribution in [0.15, 0.2) is 30.6 Å². The number of nitro benzene ring substituents is 2. The SMILES string of the molecule is CN1CCN(c2cc(NC(=O)c3cc([N+](=O)[O-])cc([N+](=O)[O-])c3)ncn2)CC1. The highest BCUT2D eigenvalue weighted by molar-refractivity contribution is 6.04. The van der Waals surface area contributed by atoms with Gasteiger partial charge in [0.2, 0.25) is 0 Å². The van der Waals surface area contributed by atoms with E-state index in [2.05, 4.69) is 25.1 Å². The maximum Gasteiger partial charge on any atom is 0.277 e. The molecule has 0 bridgehead atoms. The molecule has 146 valence electrons. The summed E-state index contributed by atoms with van der Waals surface area (Å²) < 4.78 is 0. The van der Waals surface area contributed by atoms with E-state index in [9.17, 15) is 25.0 Å². The number of carbonyl (C=O) groups is 1. The van der Waals surface area contributed by atoms with Gasteiger partial charge in [0.1, 0.15) is 18.0 Å². The summed E-state index contributed by atoms with van der Waals surface area (Å²) in [5.41, 5.74) is -1.29. The van der Waals surface area contributed by atoms with Gasteiger partial charge in [-0.1, -0.05) is 0 Å². The first-order chi connectivity index (χ1) is 13.3. The van der Waals surface area contributed by atoms with Crippen molar-refractivity contribution in [2.75, 3.05) is 43.4 Å². The van der Waals surface area contributed by atoms with Crippen LogP contribution in [0.25, 0.3) is 0 Å². The summed E-state index contributed by atoms with van der Waals surface area (Å²) in [5, 5.41) is 24.5. The molecule has 0 aliphatic carbocycles. The lowest BCUT2D eigenvalue weighted by Gasteiger charge is -2.33.